The standard InChI is InChI=1S/C23H20N4O6S/c1-31-17-10-5-14(12-18(17)32-2)21-26-33-23(30)27(21)13-20(28)24-15-6-8-16(9-7-15)25-22(29)19-4-3-11-34-19/h3-12H,13H2,1-2H3,(H,24,28)(H,25,29). The molecule has 0 radical (unpaired) electrons. The highest BCUT2D eigenvalue weighted by Crippen LogP contribution is 2.31. The monoisotopic (exact) mass is 480 g/mol. The molecule has 0 aliphatic rings. The summed E-state index contributed by atoms with van der Waals surface area (Å²) >= 11 is 1.34. The normalized spacial score (nSPS) is 10.5. The van der Waals surface area contributed by atoms with Gasteiger partial charge in [0.25, 0.3) is 5.91 Å². The summed E-state index contributed by atoms with van der Waals surface area (Å²) in [4.78, 5) is 37.5. The van der Waals surface area contributed by atoms with Gasteiger partial charge in [-0.05, 0) is 53.9 Å². The van der Waals surface area contributed by atoms with Crippen LogP contribution < -0.4 is 25.9 Å². The van der Waals surface area contributed by atoms with Crippen LogP contribution >= 0.6 is 11.3 Å². The van der Waals surface area contributed by atoms with Crippen molar-refractivity contribution in [2.24, 2.45) is 0 Å². The lowest BCUT2D eigenvalue weighted by atomic mass is 10.2. The van der Waals surface area contributed by atoms with Crippen molar-refractivity contribution >= 4 is 34.5 Å². The van der Waals surface area contributed by atoms with Gasteiger partial charge in [0.05, 0.1) is 19.1 Å². The smallest absolute Gasteiger partial charge is 0.442 e. The number of benzene rings is 2. The number of hydrogen-bond donors (Lipinski definition) is 2. The van der Waals surface area contributed by atoms with E-state index in [1.807, 2.05) is 5.38 Å². The molecular formula is C23H20N4O6S. The predicted molar refractivity (Wildman–Crippen MR) is 127 cm³/mol. The summed E-state index contributed by atoms with van der Waals surface area (Å²) < 4.78 is 16.4. The number of amides is 2. The molecular weight excluding hydrogens is 460 g/mol. The highest BCUT2D eigenvalue weighted by atomic mass is 32.1. The lowest BCUT2D eigenvalue weighted by Gasteiger charge is -2.10. The lowest BCUT2D eigenvalue weighted by molar-refractivity contribution is -0.116. The van der Waals surface area contributed by atoms with E-state index in [-0.39, 0.29) is 18.3 Å². The van der Waals surface area contributed by atoms with E-state index in [0.717, 1.165) is 4.57 Å². The Morgan fingerprint density at radius 1 is 1.00 bits per heavy atom. The second-order valence-electron chi connectivity index (χ2n) is 6.98. The molecule has 2 N–H and O–H groups in total. The average molecular weight is 481 g/mol. The Bertz CT molecular complexity index is 1360. The minimum absolute atomic E-state index is 0.174. The molecule has 0 aliphatic carbocycles. The van der Waals surface area contributed by atoms with Gasteiger partial charge in [0.1, 0.15) is 6.54 Å². The van der Waals surface area contributed by atoms with E-state index in [1.165, 1.54) is 25.6 Å². The minimum atomic E-state index is -0.772. The maximum Gasteiger partial charge on any atom is 0.442 e. The Hall–Kier alpha value is -4.38. The maximum absolute atomic E-state index is 12.6. The number of nitrogens with zero attached hydrogens (tertiary/aromatic N) is 2. The van der Waals surface area contributed by atoms with Crippen LogP contribution in [0, 0.1) is 0 Å². The van der Waals surface area contributed by atoms with Crippen molar-refractivity contribution in [2.45, 2.75) is 6.54 Å². The summed E-state index contributed by atoms with van der Waals surface area (Å²) in [6.45, 7) is -0.317. The summed E-state index contributed by atoms with van der Waals surface area (Å²) in [5.74, 6) is -0.308. The van der Waals surface area contributed by atoms with Gasteiger partial charge in [0.2, 0.25) is 5.91 Å². The van der Waals surface area contributed by atoms with E-state index in [2.05, 4.69) is 15.8 Å². The molecule has 4 rings (SSSR count). The molecule has 0 atom stereocenters. The Kier molecular flexibility index (Phi) is 6.74. The number of aromatic nitrogens is 2. The first-order valence-corrected chi connectivity index (χ1v) is 10.9. The van der Waals surface area contributed by atoms with Crippen LogP contribution in [-0.4, -0.2) is 35.8 Å². The van der Waals surface area contributed by atoms with E-state index in [4.69, 9.17) is 14.0 Å². The molecule has 0 saturated carbocycles. The average Bonchev–Trinajstić information content (AvgIpc) is 3.51. The van der Waals surface area contributed by atoms with E-state index in [0.29, 0.717) is 33.3 Å². The van der Waals surface area contributed by atoms with Crippen molar-refractivity contribution in [2.75, 3.05) is 24.9 Å². The third-order valence-corrected chi connectivity index (χ3v) is 5.67. The van der Waals surface area contributed by atoms with Crippen LogP contribution in [0.2, 0.25) is 0 Å². The van der Waals surface area contributed by atoms with E-state index in [1.54, 1.807) is 54.6 Å². The second-order valence-corrected chi connectivity index (χ2v) is 7.93. The Labute approximate surface area is 197 Å². The molecule has 4 aromatic rings. The Balaban J connectivity index is 1.44. The zero-order valence-electron chi connectivity index (χ0n) is 18.2. The number of rotatable bonds is 8. The number of thiophene rings is 1. The number of carbonyl (C=O) groups is 2. The first-order chi connectivity index (χ1) is 16.5. The fraction of sp³-hybridized carbons (Fsp3) is 0.130. The summed E-state index contributed by atoms with van der Waals surface area (Å²) in [5, 5.41) is 11.1. The fourth-order valence-electron chi connectivity index (χ4n) is 3.17. The number of nitrogens with one attached hydrogen (secondary N) is 2. The number of ether oxygens (including phenoxy) is 2. The zero-order valence-corrected chi connectivity index (χ0v) is 19.0. The third kappa shape index (κ3) is 4.99. The van der Waals surface area contributed by atoms with Crippen LogP contribution in [0.15, 0.2) is 69.3 Å². The van der Waals surface area contributed by atoms with Gasteiger partial charge in [0, 0.05) is 16.9 Å². The minimum Gasteiger partial charge on any atom is -0.493 e. The first-order valence-electron chi connectivity index (χ1n) is 10.0. The van der Waals surface area contributed by atoms with Gasteiger partial charge in [-0.15, -0.1) is 11.3 Å². The molecule has 0 unspecified atom stereocenters. The topological polar surface area (TPSA) is 125 Å². The molecule has 11 heteroatoms. The molecule has 2 amide bonds. The third-order valence-electron chi connectivity index (χ3n) is 4.80. The molecule has 174 valence electrons. The largest absolute Gasteiger partial charge is 0.493 e. The first kappa shape index (κ1) is 22.8. The predicted octanol–water partition coefficient (Wildman–Crippen LogP) is 3.47. The number of anilines is 2. The Morgan fingerprint density at radius 2 is 1.71 bits per heavy atom. The molecule has 2 aromatic carbocycles. The van der Waals surface area contributed by atoms with Gasteiger partial charge in [-0.1, -0.05) is 11.2 Å². The van der Waals surface area contributed by atoms with E-state index < -0.39 is 11.7 Å². The van der Waals surface area contributed by atoms with Crippen LogP contribution in [0.5, 0.6) is 11.5 Å². The molecule has 0 aliphatic heterocycles. The van der Waals surface area contributed by atoms with Gasteiger partial charge >= 0.3 is 5.76 Å². The van der Waals surface area contributed by atoms with Crippen LogP contribution in [0.3, 0.4) is 0 Å². The van der Waals surface area contributed by atoms with E-state index >= 15 is 0 Å². The van der Waals surface area contributed by atoms with Crippen molar-refractivity contribution in [1.82, 2.24) is 9.72 Å². The van der Waals surface area contributed by atoms with Crippen LogP contribution in [0.25, 0.3) is 11.4 Å². The summed E-state index contributed by atoms with van der Waals surface area (Å²) in [6, 6.07) is 15.1. The van der Waals surface area contributed by atoms with Crippen molar-refractivity contribution in [1.29, 1.82) is 0 Å². The number of hydrogen-bond acceptors (Lipinski definition) is 8. The maximum atomic E-state index is 12.6. The SMILES string of the molecule is COc1ccc(-c2noc(=O)n2CC(=O)Nc2ccc(NC(=O)c3cccs3)cc2)cc1OC. The van der Waals surface area contributed by atoms with Gasteiger partial charge in [-0.3, -0.25) is 14.1 Å². The molecule has 0 bridgehead atoms. The van der Waals surface area contributed by atoms with Crippen molar-refractivity contribution in [3.63, 3.8) is 0 Å². The van der Waals surface area contributed by atoms with Crippen molar-refractivity contribution < 1.29 is 23.6 Å². The second kappa shape index (κ2) is 10.0. The van der Waals surface area contributed by atoms with Gasteiger partial charge < -0.3 is 20.1 Å². The number of carbonyl (C=O) groups excluding carboxylic acids is 2. The molecule has 2 heterocycles. The molecule has 10 nitrogen and oxygen atoms in total. The highest BCUT2D eigenvalue weighted by molar-refractivity contribution is 7.12. The molecule has 0 spiro atoms. The molecule has 0 saturated heterocycles. The quantitative estimate of drug-likeness (QED) is 0.396. The van der Waals surface area contributed by atoms with Gasteiger partial charge in [0.15, 0.2) is 17.3 Å². The molecule has 0 fully saturated rings. The van der Waals surface area contributed by atoms with Gasteiger partial charge in [-0.2, -0.15) is 0 Å². The summed E-state index contributed by atoms with van der Waals surface area (Å²) in [6.07, 6.45) is 0. The van der Waals surface area contributed by atoms with Crippen LogP contribution in [0.1, 0.15) is 9.67 Å². The number of methoxy groups -OCH3 is 2. The lowest BCUT2D eigenvalue weighted by Crippen LogP contribution is -2.25. The molecule has 34 heavy (non-hydrogen) atoms. The van der Waals surface area contributed by atoms with Crippen LogP contribution in [0.4, 0.5) is 11.4 Å². The van der Waals surface area contributed by atoms with Crippen LogP contribution in [-0.2, 0) is 11.3 Å². The van der Waals surface area contributed by atoms with Crippen molar-refractivity contribution in [3.05, 3.63) is 75.4 Å². The highest BCUT2D eigenvalue weighted by Gasteiger charge is 2.18. The molecule has 2 aromatic heterocycles. The van der Waals surface area contributed by atoms with Crippen molar-refractivity contribution in [3.8, 4) is 22.9 Å². The Morgan fingerprint density at radius 3 is 2.35 bits per heavy atom. The summed E-state index contributed by atoms with van der Waals surface area (Å²) in [7, 11) is 3.00. The van der Waals surface area contributed by atoms with Gasteiger partial charge in [-0.25, -0.2) is 9.36 Å². The summed E-state index contributed by atoms with van der Waals surface area (Å²) in [5.41, 5.74) is 1.60. The van der Waals surface area contributed by atoms with E-state index in [9.17, 15) is 14.4 Å². The fourth-order valence-corrected chi connectivity index (χ4v) is 3.79. The zero-order chi connectivity index (χ0) is 24.1.